The summed E-state index contributed by atoms with van der Waals surface area (Å²) in [5, 5.41) is 37.8. The molecule has 0 aromatic carbocycles. The minimum atomic E-state index is -1.90. The largest absolute Gasteiger partial charge is 0.478 e. The number of carboxylic acid groups (broad SMARTS) is 3. The molecule has 4 atom stereocenters. The van der Waals surface area contributed by atoms with Crippen LogP contribution >= 0.6 is 11.8 Å². The van der Waals surface area contributed by atoms with Crippen LogP contribution < -0.4 is 16.0 Å². The third-order valence-electron chi connectivity index (χ3n) is 10.5. The molecule has 0 saturated carbocycles. The zero-order valence-electron chi connectivity index (χ0n) is 33.8. The lowest BCUT2D eigenvalue weighted by Gasteiger charge is -2.41. The van der Waals surface area contributed by atoms with Crippen molar-refractivity contribution < 1.29 is 82.1 Å². The van der Waals surface area contributed by atoms with Crippen LogP contribution in [-0.4, -0.2) is 132 Å². The van der Waals surface area contributed by atoms with Gasteiger partial charge < -0.3 is 15.3 Å². The van der Waals surface area contributed by atoms with Gasteiger partial charge in [0.1, 0.15) is 6.04 Å². The standard InChI is InChI=1S/C42H37N5O16S/c1-20-13-34(52)47(39(20)57,29(42(62)63)11-12-64-2)28(10-6-4-8-22-17-31(49)44-36(22)54)26(41(60)61)15-24-19-33(51)46(38(24)56)27(9-5-3-7-21-16-30(48)43-35(21)53)25(40(58)59)14-23-18-32(50)45-37(23)55/h3-4,7-8,13-19,27-29H,5-6,9-12H2,1-2H3,(H5-,43,44,45,48,49,50,53,54,55,58,59,60,61,62,63)/p+1. The van der Waals surface area contributed by atoms with Gasteiger partial charge in [-0.1, -0.05) is 24.3 Å². The van der Waals surface area contributed by atoms with Gasteiger partial charge in [-0.05, 0) is 50.3 Å². The van der Waals surface area contributed by atoms with Crippen molar-refractivity contribution in [2.75, 3.05) is 12.0 Å². The van der Waals surface area contributed by atoms with Crippen molar-refractivity contribution in [3.8, 4) is 0 Å². The predicted molar refractivity (Wildman–Crippen MR) is 218 cm³/mol. The number of carbonyl (C=O) groups excluding carboxylic acids is 10. The molecule has 0 aliphatic carbocycles. The minimum absolute atomic E-state index is 0.0638. The molecule has 10 amide bonds. The van der Waals surface area contributed by atoms with E-state index in [-0.39, 0.29) is 41.7 Å². The molecular weight excluding hydrogens is 863 g/mol. The van der Waals surface area contributed by atoms with E-state index in [4.69, 9.17) is 0 Å². The van der Waals surface area contributed by atoms with E-state index in [1.54, 1.807) is 6.26 Å². The maximum absolute atomic E-state index is 14.4. The lowest BCUT2D eigenvalue weighted by molar-refractivity contribution is -0.811. The Labute approximate surface area is 365 Å². The fraction of sp³-hybridized carbons (Fsp3) is 0.262. The van der Waals surface area contributed by atoms with Crippen molar-refractivity contribution in [2.45, 2.75) is 57.2 Å². The number of allylic oxidation sites excluding steroid dienone is 2. The summed E-state index contributed by atoms with van der Waals surface area (Å²) in [6.07, 6.45) is 10.8. The first-order valence-electron chi connectivity index (χ1n) is 19.1. The fourth-order valence-corrected chi connectivity index (χ4v) is 8.15. The quantitative estimate of drug-likeness (QED) is 0.0480. The lowest BCUT2D eigenvalue weighted by Crippen LogP contribution is -2.68. The summed E-state index contributed by atoms with van der Waals surface area (Å²) in [7, 11) is 0. The van der Waals surface area contributed by atoms with Crippen molar-refractivity contribution in [2.24, 2.45) is 0 Å². The Kier molecular flexibility index (Phi) is 14.5. The molecule has 0 bridgehead atoms. The van der Waals surface area contributed by atoms with E-state index in [2.05, 4.69) is 0 Å². The Hall–Kier alpha value is -7.72. The molecule has 5 heterocycles. The average Bonchev–Trinajstić information content (AvgIpc) is 3.96. The average molecular weight is 901 g/mol. The summed E-state index contributed by atoms with van der Waals surface area (Å²) in [6.45, 7) is 1.24. The molecule has 22 heteroatoms. The highest BCUT2D eigenvalue weighted by Crippen LogP contribution is 2.39. The Balaban J connectivity index is 1.62. The van der Waals surface area contributed by atoms with Crippen LogP contribution in [0.4, 0.5) is 0 Å². The monoisotopic (exact) mass is 900 g/mol. The highest BCUT2D eigenvalue weighted by molar-refractivity contribution is 7.98. The molecule has 5 aliphatic rings. The number of carbonyl (C=O) groups is 13. The predicted octanol–water partition coefficient (Wildman–Crippen LogP) is -0.502. The van der Waals surface area contributed by atoms with Gasteiger partial charge in [-0.15, -0.1) is 0 Å². The van der Waals surface area contributed by atoms with Crippen LogP contribution in [0.1, 0.15) is 39.0 Å². The third-order valence-corrected chi connectivity index (χ3v) is 11.2. The van der Waals surface area contributed by atoms with Crippen molar-refractivity contribution in [1.29, 1.82) is 0 Å². The molecule has 6 N–H and O–H groups in total. The Morgan fingerprint density at radius 3 is 1.59 bits per heavy atom. The first kappa shape index (κ1) is 47.3. The topological polar surface area (TPSA) is 322 Å². The second kappa shape index (κ2) is 19.5. The molecule has 64 heavy (non-hydrogen) atoms. The van der Waals surface area contributed by atoms with Gasteiger partial charge >= 0.3 is 29.7 Å². The SMILES string of the molecule is CSCCC(C(=O)O)[N+]1(C(CCC=CC2=CC(=O)NC2=O)C(=CC2=CC(=O)N(C(CCC=CC3=CC(=O)NC3=O)C(=CC3=CC(=O)NC3=O)C(=O)O)C2=O)C(=O)O)C(=O)C=C(C)C1=O. The van der Waals surface area contributed by atoms with Gasteiger partial charge in [0.05, 0.1) is 28.8 Å². The minimum Gasteiger partial charge on any atom is -0.478 e. The molecule has 0 spiro atoms. The van der Waals surface area contributed by atoms with Gasteiger partial charge in [-0.3, -0.25) is 59.2 Å². The number of nitrogens with one attached hydrogen (secondary N) is 3. The number of imide groups is 5. The van der Waals surface area contributed by atoms with E-state index >= 15 is 0 Å². The number of rotatable bonds is 21. The Morgan fingerprint density at radius 2 is 1.16 bits per heavy atom. The van der Waals surface area contributed by atoms with Crippen molar-refractivity contribution >= 4 is 88.7 Å². The molecule has 5 rings (SSSR count). The second-order valence-corrected chi connectivity index (χ2v) is 15.5. The number of quaternary nitrogens is 1. The Bertz CT molecular complexity index is 2530. The molecule has 0 radical (unpaired) electrons. The Morgan fingerprint density at radius 1 is 0.656 bits per heavy atom. The highest BCUT2D eigenvalue weighted by Gasteiger charge is 2.63. The van der Waals surface area contributed by atoms with Crippen LogP contribution in [0.15, 0.2) is 106 Å². The van der Waals surface area contributed by atoms with Gasteiger partial charge in [-0.25, -0.2) is 24.0 Å². The van der Waals surface area contributed by atoms with Crippen LogP contribution in [0.25, 0.3) is 0 Å². The highest BCUT2D eigenvalue weighted by atomic mass is 32.2. The summed E-state index contributed by atoms with van der Waals surface area (Å²) < 4.78 is -1.61. The summed E-state index contributed by atoms with van der Waals surface area (Å²) in [5.74, 6) is -14.6. The van der Waals surface area contributed by atoms with E-state index in [0.717, 1.165) is 30.4 Å². The molecule has 0 aromatic rings. The van der Waals surface area contributed by atoms with Crippen molar-refractivity contribution in [3.63, 3.8) is 0 Å². The van der Waals surface area contributed by atoms with E-state index in [1.807, 2.05) is 16.0 Å². The van der Waals surface area contributed by atoms with E-state index in [9.17, 15) is 77.6 Å². The molecule has 332 valence electrons. The van der Waals surface area contributed by atoms with Crippen molar-refractivity contribution in [3.05, 3.63) is 106 Å². The first-order chi connectivity index (χ1) is 30.2. The summed E-state index contributed by atoms with van der Waals surface area (Å²) in [5.41, 5.74) is -3.14. The molecular formula is C42H38N5O16S+. The lowest BCUT2D eigenvalue weighted by atomic mass is 9.91. The molecule has 0 fully saturated rings. The first-order valence-corrected chi connectivity index (χ1v) is 20.5. The van der Waals surface area contributed by atoms with Crippen LogP contribution in [0, 0.1) is 0 Å². The number of nitrogens with zero attached hydrogens (tertiary/aromatic N) is 2. The number of hydrogen-bond acceptors (Lipinski definition) is 14. The van der Waals surface area contributed by atoms with Crippen LogP contribution in [0.3, 0.4) is 0 Å². The number of carboxylic acids is 3. The van der Waals surface area contributed by atoms with Gasteiger partial charge in [0.2, 0.25) is 6.04 Å². The van der Waals surface area contributed by atoms with Crippen LogP contribution in [0.2, 0.25) is 0 Å². The molecule has 0 aromatic heterocycles. The van der Waals surface area contributed by atoms with Gasteiger partial charge in [0.15, 0.2) is 0 Å². The molecule has 21 nitrogen and oxygen atoms in total. The number of amides is 10. The molecule has 5 aliphatic heterocycles. The zero-order chi connectivity index (χ0) is 47.2. The number of thioether (sulfide) groups is 1. The smallest absolute Gasteiger partial charge is 0.363 e. The maximum atomic E-state index is 14.4. The van der Waals surface area contributed by atoms with Gasteiger partial charge in [0.25, 0.3) is 47.3 Å². The van der Waals surface area contributed by atoms with Crippen LogP contribution in [-0.2, 0) is 62.3 Å². The van der Waals surface area contributed by atoms with Crippen molar-refractivity contribution in [1.82, 2.24) is 20.9 Å². The van der Waals surface area contributed by atoms with Gasteiger partial charge in [-0.2, -0.15) is 16.2 Å². The molecule has 4 unspecified atom stereocenters. The normalized spacial score (nSPS) is 21.9. The summed E-state index contributed by atoms with van der Waals surface area (Å²) in [4.78, 5) is 168. The summed E-state index contributed by atoms with van der Waals surface area (Å²) >= 11 is 1.18. The summed E-state index contributed by atoms with van der Waals surface area (Å²) in [6, 6.07) is -5.55. The van der Waals surface area contributed by atoms with E-state index in [1.165, 1.54) is 43.0 Å². The van der Waals surface area contributed by atoms with Crippen LogP contribution in [0.5, 0.6) is 0 Å². The fourth-order valence-electron chi connectivity index (χ4n) is 7.69. The van der Waals surface area contributed by atoms with Gasteiger partial charge in [0, 0.05) is 59.4 Å². The number of aliphatic carboxylic acids is 3. The third kappa shape index (κ3) is 9.66. The molecule has 0 saturated heterocycles. The van der Waals surface area contributed by atoms with E-state index in [0.29, 0.717) is 17.1 Å². The zero-order valence-corrected chi connectivity index (χ0v) is 34.6. The van der Waals surface area contributed by atoms with E-state index < -0.39 is 135 Å². The second-order valence-electron chi connectivity index (χ2n) is 14.6. The number of hydrogen-bond donors (Lipinski definition) is 6. The maximum Gasteiger partial charge on any atom is 0.363 e.